The van der Waals surface area contributed by atoms with Crippen molar-refractivity contribution >= 4 is 28.9 Å². The highest BCUT2D eigenvalue weighted by Gasteiger charge is 2.18. The van der Waals surface area contributed by atoms with E-state index >= 15 is 0 Å². The third-order valence-electron chi connectivity index (χ3n) is 4.72. The minimum atomic E-state index is -0.696. The molecular formula is C21H26N2O6. The van der Waals surface area contributed by atoms with Gasteiger partial charge in [0.15, 0.2) is 13.2 Å². The number of carbonyl (C=O) groups is 3. The van der Waals surface area contributed by atoms with Gasteiger partial charge in [0.25, 0.3) is 5.91 Å². The zero-order chi connectivity index (χ0) is 20.6. The zero-order valence-electron chi connectivity index (χ0n) is 16.5. The number of nitrogens with one attached hydrogen (secondary N) is 2. The van der Waals surface area contributed by atoms with Crippen molar-refractivity contribution in [3.63, 3.8) is 0 Å². The predicted octanol–water partition coefficient (Wildman–Crippen LogP) is 2.86. The number of esters is 1. The molecule has 3 amide bonds. The second-order valence-corrected chi connectivity index (χ2v) is 6.98. The van der Waals surface area contributed by atoms with Crippen LogP contribution in [-0.4, -0.2) is 37.7 Å². The van der Waals surface area contributed by atoms with E-state index in [0.29, 0.717) is 12.3 Å². The Labute approximate surface area is 168 Å². The molecule has 29 heavy (non-hydrogen) atoms. The SMILES string of the molecule is CCCCNC(=O)NC(=O)COC(=O)COc1ccc2oc3c(c2c1)CCCC3. The van der Waals surface area contributed by atoms with Crippen LogP contribution in [0, 0.1) is 0 Å². The van der Waals surface area contributed by atoms with Crippen LogP contribution in [0.25, 0.3) is 11.0 Å². The smallest absolute Gasteiger partial charge is 0.344 e. The standard InChI is InChI=1S/C21H26N2O6/c1-2-3-10-22-21(26)23-19(24)12-28-20(25)13-27-14-8-9-18-16(11-14)15-6-4-5-7-17(15)29-18/h8-9,11H,2-7,10,12-13H2,1H3,(H2,22,23,24,26). The van der Waals surface area contributed by atoms with Gasteiger partial charge in [-0.05, 0) is 43.9 Å². The molecule has 0 spiro atoms. The fourth-order valence-corrected chi connectivity index (χ4v) is 3.25. The highest BCUT2D eigenvalue weighted by Crippen LogP contribution is 2.33. The molecule has 0 bridgehead atoms. The van der Waals surface area contributed by atoms with Crippen molar-refractivity contribution in [1.29, 1.82) is 0 Å². The molecular weight excluding hydrogens is 376 g/mol. The van der Waals surface area contributed by atoms with Crippen molar-refractivity contribution in [2.24, 2.45) is 0 Å². The molecule has 8 heteroatoms. The number of unbranched alkanes of at least 4 members (excludes halogenated alkanes) is 1. The normalized spacial score (nSPS) is 12.9. The van der Waals surface area contributed by atoms with Crippen molar-refractivity contribution in [3.8, 4) is 5.75 Å². The van der Waals surface area contributed by atoms with Gasteiger partial charge in [0.05, 0.1) is 0 Å². The highest BCUT2D eigenvalue weighted by molar-refractivity contribution is 5.95. The number of ether oxygens (including phenoxy) is 2. The van der Waals surface area contributed by atoms with E-state index in [2.05, 4.69) is 10.6 Å². The number of furan rings is 1. The van der Waals surface area contributed by atoms with Crippen molar-refractivity contribution in [3.05, 3.63) is 29.5 Å². The largest absolute Gasteiger partial charge is 0.482 e. The quantitative estimate of drug-likeness (QED) is 0.519. The van der Waals surface area contributed by atoms with Gasteiger partial charge in [-0.1, -0.05) is 13.3 Å². The van der Waals surface area contributed by atoms with Crippen molar-refractivity contribution < 1.29 is 28.3 Å². The second kappa shape index (κ2) is 9.95. The molecule has 0 aliphatic heterocycles. The van der Waals surface area contributed by atoms with E-state index in [-0.39, 0.29) is 6.61 Å². The van der Waals surface area contributed by atoms with Gasteiger partial charge in [0.1, 0.15) is 17.1 Å². The lowest BCUT2D eigenvalue weighted by Gasteiger charge is -2.09. The number of hydrogen-bond donors (Lipinski definition) is 2. The molecule has 0 unspecified atom stereocenters. The van der Waals surface area contributed by atoms with E-state index in [9.17, 15) is 14.4 Å². The van der Waals surface area contributed by atoms with Gasteiger partial charge in [-0.15, -0.1) is 0 Å². The van der Waals surface area contributed by atoms with Gasteiger partial charge in [-0.25, -0.2) is 9.59 Å². The van der Waals surface area contributed by atoms with Gasteiger partial charge >= 0.3 is 12.0 Å². The summed E-state index contributed by atoms with van der Waals surface area (Å²) in [6.07, 6.45) is 5.96. The first-order valence-electron chi connectivity index (χ1n) is 9.97. The Hall–Kier alpha value is -3.03. The molecule has 0 atom stereocenters. The Balaban J connectivity index is 1.43. The van der Waals surface area contributed by atoms with E-state index in [1.54, 1.807) is 6.07 Å². The Morgan fingerprint density at radius 3 is 2.79 bits per heavy atom. The summed E-state index contributed by atoms with van der Waals surface area (Å²) in [6.45, 7) is 1.60. The summed E-state index contributed by atoms with van der Waals surface area (Å²) in [4.78, 5) is 34.9. The summed E-state index contributed by atoms with van der Waals surface area (Å²) in [5.74, 6) is 0.176. The topological polar surface area (TPSA) is 107 Å². The number of rotatable bonds is 8. The molecule has 1 aromatic heterocycles. The van der Waals surface area contributed by atoms with E-state index in [1.807, 2.05) is 19.1 Å². The second-order valence-electron chi connectivity index (χ2n) is 6.98. The Morgan fingerprint density at radius 1 is 1.14 bits per heavy atom. The van der Waals surface area contributed by atoms with Gasteiger partial charge in [0.2, 0.25) is 0 Å². The number of imide groups is 1. The lowest BCUT2D eigenvalue weighted by atomic mass is 9.96. The van der Waals surface area contributed by atoms with Crippen LogP contribution in [0.5, 0.6) is 5.75 Å². The number of fused-ring (bicyclic) bond motifs is 3. The molecule has 0 saturated heterocycles. The van der Waals surface area contributed by atoms with E-state index in [1.165, 1.54) is 5.56 Å². The predicted molar refractivity (Wildman–Crippen MR) is 106 cm³/mol. The van der Waals surface area contributed by atoms with E-state index in [4.69, 9.17) is 13.9 Å². The van der Waals surface area contributed by atoms with Gasteiger partial charge < -0.3 is 19.2 Å². The average Bonchev–Trinajstić information content (AvgIpc) is 3.09. The van der Waals surface area contributed by atoms with E-state index in [0.717, 1.165) is 55.3 Å². The fraction of sp³-hybridized carbons (Fsp3) is 0.476. The maximum Gasteiger partial charge on any atom is 0.344 e. The van der Waals surface area contributed by atoms with Gasteiger partial charge in [0, 0.05) is 23.9 Å². The molecule has 1 aromatic carbocycles. The molecule has 0 fully saturated rings. The third kappa shape index (κ3) is 5.73. The average molecular weight is 402 g/mol. The van der Waals surface area contributed by atoms with Crippen LogP contribution in [-0.2, 0) is 27.2 Å². The van der Waals surface area contributed by atoms with E-state index < -0.39 is 24.5 Å². The van der Waals surface area contributed by atoms with Crippen LogP contribution in [0.4, 0.5) is 4.79 Å². The molecule has 1 aliphatic carbocycles. The molecule has 2 N–H and O–H groups in total. The minimum Gasteiger partial charge on any atom is -0.482 e. The zero-order valence-corrected chi connectivity index (χ0v) is 16.5. The lowest BCUT2D eigenvalue weighted by molar-refractivity contribution is -0.150. The van der Waals surface area contributed by atoms with Crippen LogP contribution in [0.3, 0.4) is 0 Å². The molecule has 8 nitrogen and oxygen atoms in total. The summed E-state index contributed by atoms with van der Waals surface area (Å²) in [6, 6.07) is 4.83. The number of hydrogen-bond acceptors (Lipinski definition) is 6. The summed E-state index contributed by atoms with van der Waals surface area (Å²) < 4.78 is 16.2. The number of amides is 3. The van der Waals surface area contributed by atoms with Crippen LogP contribution < -0.4 is 15.4 Å². The molecule has 0 saturated carbocycles. The van der Waals surface area contributed by atoms with Crippen LogP contribution in [0.15, 0.2) is 22.6 Å². The van der Waals surface area contributed by atoms with Crippen LogP contribution >= 0.6 is 0 Å². The first-order chi connectivity index (χ1) is 14.1. The first-order valence-corrected chi connectivity index (χ1v) is 9.97. The molecule has 0 radical (unpaired) electrons. The highest BCUT2D eigenvalue weighted by atomic mass is 16.6. The molecule has 2 aromatic rings. The molecule has 3 rings (SSSR count). The third-order valence-corrected chi connectivity index (χ3v) is 4.72. The molecule has 1 aliphatic rings. The lowest BCUT2D eigenvalue weighted by Crippen LogP contribution is -2.41. The fourth-order valence-electron chi connectivity index (χ4n) is 3.25. The summed E-state index contributed by atoms with van der Waals surface area (Å²) >= 11 is 0. The van der Waals surface area contributed by atoms with Gasteiger partial charge in [-0.3, -0.25) is 10.1 Å². The molecule has 1 heterocycles. The van der Waals surface area contributed by atoms with Crippen molar-refractivity contribution in [1.82, 2.24) is 10.6 Å². The maximum atomic E-state index is 11.8. The monoisotopic (exact) mass is 402 g/mol. The van der Waals surface area contributed by atoms with Crippen LogP contribution in [0.1, 0.15) is 43.9 Å². The van der Waals surface area contributed by atoms with Crippen molar-refractivity contribution in [2.45, 2.75) is 45.4 Å². The van der Waals surface area contributed by atoms with Gasteiger partial charge in [-0.2, -0.15) is 0 Å². The summed E-state index contributed by atoms with van der Waals surface area (Å²) in [5.41, 5.74) is 2.04. The number of carbonyl (C=O) groups excluding carboxylic acids is 3. The Morgan fingerprint density at radius 2 is 1.97 bits per heavy atom. The van der Waals surface area contributed by atoms with Crippen LogP contribution in [0.2, 0.25) is 0 Å². The summed E-state index contributed by atoms with van der Waals surface area (Å²) in [5, 5.41) is 5.65. The molecule has 156 valence electrons. The first kappa shape index (κ1) is 20.7. The maximum absolute atomic E-state index is 11.8. The van der Waals surface area contributed by atoms with Crippen molar-refractivity contribution in [2.75, 3.05) is 19.8 Å². The number of benzene rings is 1. The Kier molecular flexibility index (Phi) is 7.10. The number of urea groups is 1. The Bertz CT molecular complexity index is 889. The minimum absolute atomic E-state index is 0.332. The number of aryl methyl sites for hydroxylation is 2. The summed E-state index contributed by atoms with van der Waals surface area (Å²) in [7, 11) is 0.